The van der Waals surface area contributed by atoms with E-state index in [0.29, 0.717) is 30.0 Å². The van der Waals surface area contributed by atoms with Crippen LogP contribution in [0, 0.1) is 0 Å². The van der Waals surface area contributed by atoms with E-state index >= 15 is 0 Å². The lowest BCUT2D eigenvalue weighted by atomic mass is 9.39. The third kappa shape index (κ3) is 3.60. The summed E-state index contributed by atoms with van der Waals surface area (Å²) in [6.07, 6.45) is -3.91. The summed E-state index contributed by atoms with van der Waals surface area (Å²) in [6.45, 7) is -0.132. The molecule has 0 atom stereocenters. The molecule has 3 aliphatic rings. The maximum Gasteiger partial charge on any atom is 0.397 e. The van der Waals surface area contributed by atoms with Crippen LogP contribution in [-0.2, 0) is 16.6 Å². The molecule has 10 heteroatoms. The molecule has 1 N–H and O–H groups in total. The van der Waals surface area contributed by atoms with Crippen molar-refractivity contribution in [2.45, 2.75) is 42.8 Å². The number of benzene rings is 1. The molecule has 0 aliphatic heterocycles. The molecule has 144 valence electrons. The van der Waals surface area contributed by atoms with E-state index in [2.05, 4.69) is 15.5 Å². The molecule has 1 amide bonds. The van der Waals surface area contributed by atoms with Gasteiger partial charge in [0, 0.05) is 10.6 Å². The van der Waals surface area contributed by atoms with Gasteiger partial charge < -0.3 is 14.5 Å². The molecule has 0 unspecified atom stereocenters. The van der Waals surface area contributed by atoms with Gasteiger partial charge in [0.1, 0.15) is 12.2 Å². The van der Waals surface area contributed by atoms with Crippen LogP contribution in [0.1, 0.15) is 31.0 Å². The first-order valence-electron chi connectivity index (χ1n) is 8.26. The number of ether oxygens (including phenoxy) is 1. The first-order chi connectivity index (χ1) is 12.7. The molecule has 0 saturated heterocycles. The minimum atomic E-state index is -4.39. The highest BCUT2D eigenvalue weighted by Crippen LogP contribution is 2.67. The largest absolute Gasteiger partial charge is 0.484 e. The number of nitrogens with zero attached hydrogens (tertiary/aromatic N) is 2. The van der Waals surface area contributed by atoms with Gasteiger partial charge >= 0.3 is 6.18 Å². The molecule has 2 aromatic rings. The number of hydrogen-bond donors (Lipinski definition) is 1. The Morgan fingerprint density at radius 3 is 2.52 bits per heavy atom. The molecule has 0 radical (unpaired) electrons. The number of rotatable bonds is 6. The van der Waals surface area contributed by atoms with Gasteiger partial charge in [0.05, 0.1) is 5.41 Å². The number of halogens is 4. The van der Waals surface area contributed by atoms with Crippen molar-refractivity contribution in [1.82, 2.24) is 15.5 Å². The maximum atomic E-state index is 12.4. The normalized spacial score (nSPS) is 26.1. The molecular weight excluding hydrogens is 387 g/mol. The van der Waals surface area contributed by atoms with E-state index in [1.807, 2.05) is 0 Å². The van der Waals surface area contributed by atoms with Crippen molar-refractivity contribution >= 4 is 17.5 Å². The number of aromatic nitrogens is 2. The van der Waals surface area contributed by atoms with Gasteiger partial charge in [0.2, 0.25) is 11.8 Å². The molecular formula is C17H15ClF3N3O3. The van der Waals surface area contributed by atoms with Crippen molar-refractivity contribution in [3.05, 3.63) is 41.1 Å². The van der Waals surface area contributed by atoms with Gasteiger partial charge in [-0.25, -0.2) is 0 Å². The number of carbonyl (C=O) groups excluding carboxylic acids is 1. The van der Waals surface area contributed by atoms with Crippen LogP contribution in [0.3, 0.4) is 0 Å². The van der Waals surface area contributed by atoms with Gasteiger partial charge in [0.25, 0.3) is 5.91 Å². The topological polar surface area (TPSA) is 77.2 Å². The van der Waals surface area contributed by atoms with E-state index in [1.165, 1.54) is 0 Å². The van der Waals surface area contributed by atoms with Gasteiger partial charge in [-0.2, -0.15) is 13.2 Å². The van der Waals surface area contributed by atoms with Crippen LogP contribution >= 0.6 is 11.6 Å². The zero-order valence-corrected chi connectivity index (χ0v) is 14.7. The van der Waals surface area contributed by atoms with Gasteiger partial charge in [-0.05, 0) is 43.5 Å². The van der Waals surface area contributed by atoms with Crippen LogP contribution in [0.2, 0.25) is 5.02 Å². The van der Waals surface area contributed by atoms with Gasteiger partial charge in [-0.3, -0.25) is 4.79 Å². The minimum absolute atomic E-state index is 0.132. The van der Waals surface area contributed by atoms with Crippen molar-refractivity contribution in [1.29, 1.82) is 0 Å². The number of nitrogens with one attached hydrogen (secondary N) is 1. The molecule has 3 aliphatic carbocycles. The summed E-state index contributed by atoms with van der Waals surface area (Å²) in [5, 5.41) is 10.7. The second-order valence-corrected chi connectivity index (χ2v) is 7.61. The Kier molecular flexibility index (Phi) is 4.10. The lowest BCUT2D eigenvalue weighted by Gasteiger charge is -2.68. The van der Waals surface area contributed by atoms with Crippen molar-refractivity contribution in [3.63, 3.8) is 0 Å². The second-order valence-electron chi connectivity index (χ2n) is 7.17. The summed E-state index contributed by atoms with van der Waals surface area (Å²) in [4.78, 5) is 12.1. The lowest BCUT2D eigenvalue weighted by Crippen LogP contribution is -2.77. The summed E-state index contributed by atoms with van der Waals surface area (Å²) in [5.41, 5.74) is -0.778. The third-order valence-corrected chi connectivity index (χ3v) is 5.14. The molecule has 1 aromatic carbocycles. The molecule has 6 nitrogen and oxygen atoms in total. The summed E-state index contributed by atoms with van der Waals surface area (Å²) in [7, 11) is 0. The van der Waals surface area contributed by atoms with Crippen LogP contribution in [0.25, 0.3) is 0 Å². The highest BCUT2D eigenvalue weighted by atomic mass is 35.5. The molecule has 1 heterocycles. The molecule has 0 spiro atoms. The first-order valence-corrected chi connectivity index (χ1v) is 8.64. The highest BCUT2D eigenvalue weighted by molar-refractivity contribution is 6.30. The highest BCUT2D eigenvalue weighted by Gasteiger charge is 2.71. The Bertz CT molecular complexity index is 847. The van der Waals surface area contributed by atoms with Gasteiger partial charge in [-0.15, -0.1) is 10.2 Å². The number of hydrogen-bond acceptors (Lipinski definition) is 5. The SMILES string of the molecule is O=C(COc1ccc(Cl)cc1)NC12CC(c3nnc(CC(F)(F)F)o3)(C1)C2. The van der Waals surface area contributed by atoms with E-state index < -0.39 is 23.9 Å². The fraction of sp³-hybridized carbons (Fsp3) is 0.471. The van der Waals surface area contributed by atoms with E-state index in [9.17, 15) is 18.0 Å². The van der Waals surface area contributed by atoms with Crippen molar-refractivity contribution in [3.8, 4) is 5.75 Å². The maximum absolute atomic E-state index is 12.4. The standard InChI is InChI=1S/C17H15ClF3N3O3/c18-10-1-3-11(4-2-10)26-6-12(25)22-16-7-15(8-16,9-16)14-24-23-13(27-14)5-17(19,20)21/h1-4H,5-9H2,(H,22,25). The van der Waals surface area contributed by atoms with Crippen molar-refractivity contribution < 1.29 is 27.1 Å². The molecule has 5 rings (SSSR count). The van der Waals surface area contributed by atoms with Gasteiger partial charge in [-0.1, -0.05) is 11.6 Å². The van der Waals surface area contributed by atoms with Gasteiger partial charge in [0.15, 0.2) is 6.61 Å². The van der Waals surface area contributed by atoms with E-state index in [1.54, 1.807) is 24.3 Å². The van der Waals surface area contributed by atoms with Crippen molar-refractivity contribution in [2.75, 3.05) is 6.61 Å². The van der Waals surface area contributed by atoms with Crippen LogP contribution in [0.15, 0.2) is 28.7 Å². The molecule has 27 heavy (non-hydrogen) atoms. The smallest absolute Gasteiger partial charge is 0.397 e. The first kappa shape index (κ1) is 18.1. The van der Waals surface area contributed by atoms with E-state index in [-0.39, 0.29) is 23.9 Å². The third-order valence-electron chi connectivity index (χ3n) is 4.89. The average Bonchev–Trinajstić information content (AvgIpc) is 2.95. The van der Waals surface area contributed by atoms with Crippen LogP contribution in [-0.4, -0.2) is 34.4 Å². The minimum Gasteiger partial charge on any atom is -0.484 e. The van der Waals surface area contributed by atoms with E-state index in [4.69, 9.17) is 20.8 Å². The average molecular weight is 402 g/mol. The predicted octanol–water partition coefficient (Wildman–Crippen LogP) is 3.20. The molecule has 3 saturated carbocycles. The molecule has 3 fully saturated rings. The zero-order valence-electron chi connectivity index (χ0n) is 14.0. The predicted molar refractivity (Wildman–Crippen MR) is 87.4 cm³/mol. The number of alkyl halides is 3. The quantitative estimate of drug-likeness (QED) is 0.804. The van der Waals surface area contributed by atoms with Crippen LogP contribution < -0.4 is 10.1 Å². The Labute approximate surface area is 157 Å². The Morgan fingerprint density at radius 2 is 1.89 bits per heavy atom. The fourth-order valence-electron chi connectivity index (χ4n) is 3.87. The summed E-state index contributed by atoms with van der Waals surface area (Å²) >= 11 is 5.78. The van der Waals surface area contributed by atoms with Crippen LogP contribution in [0.4, 0.5) is 13.2 Å². The Balaban J connectivity index is 1.27. The summed E-state index contributed by atoms with van der Waals surface area (Å²) in [5.74, 6) is 0.0557. The Morgan fingerprint density at radius 1 is 1.22 bits per heavy atom. The van der Waals surface area contributed by atoms with Crippen LogP contribution in [0.5, 0.6) is 5.75 Å². The zero-order chi connectivity index (χ0) is 19.3. The lowest BCUT2D eigenvalue weighted by molar-refractivity contribution is -0.144. The Hall–Kier alpha value is -2.29. The summed E-state index contributed by atoms with van der Waals surface area (Å²) in [6, 6.07) is 6.66. The van der Waals surface area contributed by atoms with E-state index in [0.717, 1.165) is 0 Å². The number of carbonyl (C=O) groups is 1. The molecule has 1 aromatic heterocycles. The second kappa shape index (κ2) is 6.12. The van der Waals surface area contributed by atoms with Crippen molar-refractivity contribution in [2.24, 2.45) is 0 Å². The summed E-state index contributed by atoms with van der Waals surface area (Å²) < 4.78 is 47.7. The number of amides is 1. The monoisotopic (exact) mass is 401 g/mol. The fourth-order valence-corrected chi connectivity index (χ4v) is 4.00. The molecule has 2 bridgehead atoms.